The van der Waals surface area contributed by atoms with E-state index in [1.165, 1.54) is 24.9 Å². The highest BCUT2D eigenvalue weighted by Gasteiger charge is 2.37. The van der Waals surface area contributed by atoms with Gasteiger partial charge in [-0.1, -0.05) is 35.9 Å². The van der Waals surface area contributed by atoms with E-state index in [4.69, 9.17) is 0 Å². The van der Waals surface area contributed by atoms with Crippen molar-refractivity contribution in [1.82, 2.24) is 9.62 Å². The van der Waals surface area contributed by atoms with Crippen LogP contribution in [-0.2, 0) is 27.5 Å². The summed E-state index contributed by atoms with van der Waals surface area (Å²) in [5.74, 6) is -0.557. The van der Waals surface area contributed by atoms with Gasteiger partial charge in [-0.25, -0.2) is 8.42 Å². The van der Waals surface area contributed by atoms with Crippen LogP contribution in [0.15, 0.2) is 47.4 Å². The van der Waals surface area contributed by atoms with E-state index >= 15 is 0 Å². The lowest BCUT2D eigenvalue weighted by Gasteiger charge is -2.23. The number of nitrogens with zero attached hydrogens (tertiary/aromatic N) is 1. The number of carbonyl (C=O) groups is 1. The molecule has 0 heterocycles. The summed E-state index contributed by atoms with van der Waals surface area (Å²) >= 11 is 0. The lowest BCUT2D eigenvalue weighted by Crippen LogP contribution is -2.45. The Balaban J connectivity index is 2.18. The Labute approximate surface area is 168 Å². The van der Waals surface area contributed by atoms with Crippen LogP contribution in [0, 0.1) is 13.8 Å². The molecule has 2 aromatic carbocycles. The van der Waals surface area contributed by atoms with Crippen LogP contribution in [0.4, 0.5) is 13.2 Å². The first-order valence-corrected chi connectivity index (χ1v) is 10.3. The van der Waals surface area contributed by atoms with Crippen LogP contribution in [0.3, 0.4) is 0 Å². The van der Waals surface area contributed by atoms with Gasteiger partial charge in [0.2, 0.25) is 15.9 Å². The molecule has 1 unspecified atom stereocenters. The monoisotopic (exact) mass is 428 g/mol. The van der Waals surface area contributed by atoms with Crippen LogP contribution in [0.2, 0.25) is 0 Å². The van der Waals surface area contributed by atoms with Crippen molar-refractivity contribution in [3.05, 3.63) is 64.7 Å². The molecular weight excluding hydrogens is 405 g/mol. The molecule has 0 saturated heterocycles. The van der Waals surface area contributed by atoms with Crippen LogP contribution in [0.5, 0.6) is 0 Å². The molecule has 0 aromatic heterocycles. The summed E-state index contributed by atoms with van der Waals surface area (Å²) in [5.41, 5.74) is 1.67. The fourth-order valence-electron chi connectivity index (χ4n) is 2.97. The van der Waals surface area contributed by atoms with Gasteiger partial charge in [-0.05, 0) is 44.0 Å². The molecule has 0 aliphatic heterocycles. The number of alkyl halides is 3. The fourth-order valence-corrected chi connectivity index (χ4v) is 4.39. The average Bonchev–Trinajstić information content (AvgIpc) is 2.62. The number of hydrogen-bond acceptors (Lipinski definition) is 3. The van der Waals surface area contributed by atoms with Gasteiger partial charge in [0.25, 0.3) is 0 Å². The van der Waals surface area contributed by atoms with Crippen molar-refractivity contribution < 1.29 is 26.4 Å². The number of likely N-dealkylation sites (N-methyl/N-ethyl adjacent to an activating group) is 1. The summed E-state index contributed by atoms with van der Waals surface area (Å²) in [6, 6.07) is 8.36. The van der Waals surface area contributed by atoms with E-state index in [9.17, 15) is 26.4 Å². The molecule has 0 aliphatic rings. The molecule has 0 aliphatic carbocycles. The van der Waals surface area contributed by atoms with Crippen molar-refractivity contribution in [3.8, 4) is 0 Å². The highest BCUT2D eigenvalue weighted by atomic mass is 32.2. The van der Waals surface area contributed by atoms with Crippen molar-refractivity contribution in [2.24, 2.45) is 0 Å². The Bertz CT molecular complexity index is 1000. The lowest BCUT2D eigenvalue weighted by molar-refractivity contribution is -0.139. The summed E-state index contributed by atoms with van der Waals surface area (Å²) in [6.45, 7) is 5.40. The van der Waals surface area contributed by atoms with Crippen molar-refractivity contribution in [2.45, 2.75) is 44.4 Å². The highest BCUT2D eigenvalue weighted by molar-refractivity contribution is 7.89. The summed E-state index contributed by atoms with van der Waals surface area (Å²) in [6.07, 6.45) is -4.83. The predicted molar refractivity (Wildman–Crippen MR) is 104 cm³/mol. The maximum absolute atomic E-state index is 13.1. The summed E-state index contributed by atoms with van der Waals surface area (Å²) in [7, 11) is -3.05. The number of rotatable bonds is 6. The first kappa shape index (κ1) is 22.9. The van der Waals surface area contributed by atoms with Gasteiger partial charge in [-0.2, -0.15) is 17.9 Å². The molecule has 1 atom stereocenters. The van der Waals surface area contributed by atoms with Crippen LogP contribution >= 0.6 is 0 Å². The van der Waals surface area contributed by atoms with E-state index in [1.54, 1.807) is 0 Å². The fraction of sp³-hybridized carbons (Fsp3) is 0.350. The molecule has 2 aromatic rings. The summed E-state index contributed by atoms with van der Waals surface area (Å²) in [4.78, 5) is 13.0. The average molecular weight is 428 g/mol. The van der Waals surface area contributed by atoms with Gasteiger partial charge >= 0.3 is 6.18 Å². The minimum atomic E-state index is -4.83. The second-order valence-corrected chi connectivity index (χ2v) is 8.64. The zero-order valence-electron chi connectivity index (χ0n) is 16.5. The highest BCUT2D eigenvalue weighted by Crippen LogP contribution is 2.33. The lowest BCUT2D eigenvalue weighted by atomic mass is 10.1. The number of aryl methyl sites for hydroxylation is 2. The Morgan fingerprint density at radius 3 is 2.34 bits per heavy atom. The standard InChI is InChI=1S/C20H23F3N2O3S/c1-13-9-10-16(14(2)11-13)12-25(4)19(26)15(3)24-29(27,28)18-8-6-5-7-17(18)20(21,22)23/h5-11,15,24H,12H2,1-4H3. The van der Waals surface area contributed by atoms with Gasteiger partial charge in [0, 0.05) is 13.6 Å². The molecule has 9 heteroatoms. The third-order valence-corrected chi connectivity index (χ3v) is 6.07. The minimum absolute atomic E-state index is 0.246. The number of halogens is 3. The quantitative estimate of drug-likeness (QED) is 0.764. The van der Waals surface area contributed by atoms with Gasteiger partial charge < -0.3 is 4.90 Å². The van der Waals surface area contributed by atoms with Crippen molar-refractivity contribution in [2.75, 3.05) is 7.05 Å². The van der Waals surface area contributed by atoms with Crippen molar-refractivity contribution >= 4 is 15.9 Å². The maximum Gasteiger partial charge on any atom is 0.417 e. The number of carbonyl (C=O) groups excluding carboxylic acids is 1. The smallest absolute Gasteiger partial charge is 0.340 e. The zero-order chi connectivity index (χ0) is 22.0. The summed E-state index contributed by atoms with van der Waals surface area (Å²) < 4.78 is 66.5. The van der Waals surface area contributed by atoms with E-state index in [2.05, 4.69) is 4.72 Å². The van der Waals surface area contributed by atoms with E-state index in [1.807, 2.05) is 32.0 Å². The second kappa shape index (κ2) is 8.54. The van der Waals surface area contributed by atoms with Crippen molar-refractivity contribution in [1.29, 1.82) is 0 Å². The maximum atomic E-state index is 13.1. The number of hydrogen-bond donors (Lipinski definition) is 1. The number of sulfonamides is 1. The molecule has 158 valence electrons. The molecule has 0 fully saturated rings. The minimum Gasteiger partial charge on any atom is -0.340 e. The molecule has 0 bridgehead atoms. The molecule has 5 nitrogen and oxygen atoms in total. The molecule has 2 rings (SSSR count). The molecule has 0 spiro atoms. The Kier molecular flexibility index (Phi) is 6.74. The second-order valence-electron chi connectivity index (χ2n) is 6.96. The van der Waals surface area contributed by atoms with Gasteiger partial charge in [-0.3, -0.25) is 4.79 Å². The molecule has 1 amide bonds. The molecule has 29 heavy (non-hydrogen) atoms. The topological polar surface area (TPSA) is 66.5 Å². The normalized spacial score (nSPS) is 13.2. The number of benzene rings is 2. The molecule has 0 saturated carbocycles. The van der Waals surface area contributed by atoms with Crippen molar-refractivity contribution in [3.63, 3.8) is 0 Å². The van der Waals surface area contributed by atoms with Gasteiger partial charge in [0.15, 0.2) is 0 Å². The summed E-state index contributed by atoms with van der Waals surface area (Å²) in [5, 5.41) is 0. The van der Waals surface area contributed by atoms with E-state index < -0.39 is 38.6 Å². The van der Waals surface area contributed by atoms with Gasteiger partial charge in [0.1, 0.15) is 0 Å². The van der Waals surface area contributed by atoms with E-state index in [-0.39, 0.29) is 6.54 Å². The zero-order valence-corrected chi connectivity index (χ0v) is 17.4. The Morgan fingerprint density at radius 1 is 1.14 bits per heavy atom. The van der Waals surface area contributed by atoms with E-state index in [0.29, 0.717) is 6.07 Å². The third-order valence-electron chi connectivity index (χ3n) is 4.47. The first-order chi connectivity index (χ1) is 13.3. The van der Waals surface area contributed by atoms with Crippen LogP contribution in [0.25, 0.3) is 0 Å². The van der Waals surface area contributed by atoms with E-state index in [0.717, 1.165) is 28.8 Å². The third kappa shape index (κ3) is 5.57. The first-order valence-electron chi connectivity index (χ1n) is 8.82. The SMILES string of the molecule is Cc1ccc(CN(C)C(=O)C(C)NS(=O)(=O)c2ccccc2C(F)(F)F)c(C)c1. The number of amides is 1. The van der Waals surface area contributed by atoms with Gasteiger partial charge in [0.05, 0.1) is 16.5 Å². The molecular formula is C20H23F3N2O3S. The predicted octanol–water partition coefficient (Wildman–Crippen LogP) is 3.65. The Morgan fingerprint density at radius 2 is 1.76 bits per heavy atom. The van der Waals surface area contributed by atoms with Gasteiger partial charge in [-0.15, -0.1) is 0 Å². The van der Waals surface area contributed by atoms with Crippen LogP contribution in [0.1, 0.15) is 29.2 Å². The molecule has 1 N–H and O–H groups in total. The van der Waals surface area contributed by atoms with Crippen LogP contribution in [-0.4, -0.2) is 32.3 Å². The number of nitrogens with one attached hydrogen (secondary N) is 1. The largest absolute Gasteiger partial charge is 0.417 e. The van der Waals surface area contributed by atoms with Crippen LogP contribution < -0.4 is 4.72 Å². The molecule has 0 radical (unpaired) electrons. The Hall–Kier alpha value is -2.39.